The standard InChI is InChI=1S/C48H76N2O13/c1-11-35-22-28(3)21-29(4)23-40(58-9)44-41(59-10)25-32(7)48(57,63-44)45(54)46(55)50-20-14-13-15-37(50)47(56)62-43(30(5)16-19-38(35)52)31(6)24-34-17-18-36(39(26-34)60-12-2)49-42(53)27-61-33(8)51/h22,24,29-30,32,34-37,39-41,43-44,57H,11-21,23,25-27H2,1-10H3,(H,49,53). The van der Waals surface area contributed by atoms with Crippen molar-refractivity contribution >= 4 is 35.3 Å². The number of ether oxygens (including phenoxy) is 6. The Labute approximate surface area is 374 Å². The number of carbonyl (C=O) groups excluding carboxylic acids is 6. The molecule has 3 aliphatic heterocycles. The predicted molar refractivity (Wildman–Crippen MR) is 234 cm³/mol. The molecule has 4 rings (SSSR count). The van der Waals surface area contributed by atoms with Crippen molar-refractivity contribution in [3.8, 4) is 0 Å². The van der Waals surface area contributed by atoms with Gasteiger partial charge in [0, 0.05) is 52.6 Å². The van der Waals surface area contributed by atoms with Crippen molar-refractivity contribution in [2.45, 2.75) is 181 Å². The van der Waals surface area contributed by atoms with E-state index in [9.17, 15) is 33.9 Å². The van der Waals surface area contributed by atoms with Crippen molar-refractivity contribution in [1.29, 1.82) is 0 Å². The van der Waals surface area contributed by atoms with Crippen LogP contribution in [0.1, 0.15) is 132 Å². The molecule has 1 aliphatic carbocycles. The van der Waals surface area contributed by atoms with Crippen LogP contribution in [0.5, 0.6) is 0 Å². The lowest BCUT2D eigenvalue weighted by Gasteiger charge is -2.47. The second-order valence-corrected chi connectivity index (χ2v) is 18.6. The minimum atomic E-state index is -2.49. The number of hydrogen-bond donors (Lipinski definition) is 2. The Balaban J connectivity index is 1.69. The lowest BCUT2D eigenvalue weighted by atomic mass is 9.81. The number of piperidine rings is 1. The number of nitrogens with zero attached hydrogens (tertiary/aromatic N) is 1. The second-order valence-electron chi connectivity index (χ2n) is 18.6. The first-order chi connectivity index (χ1) is 29.9. The molecule has 15 nitrogen and oxygen atoms in total. The van der Waals surface area contributed by atoms with Gasteiger partial charge >= 0.3 is 11.9 Å². The van der Waals surface area contributed by atoms with E-state index in [2.05, 4.69) is 24.4 Å². The Bertz CT molecular complexity index is 1660. The molecule has 2 saturated heterocycles. The third-order valence-electron chi connectivity index (χ3n) is 13.6. The second kappa shape index (κ2) is 24.1. The highest BCUT2D eigenvalue weighted by Crippen LogP contribution is 2.39. The van der Waals surface area contributed by atoms with Gasteiger partial charge in [-0.3, -0.25) is 24.0 Å². The molecule has 15 heteroatoms. The minimum Gasteiger partial charge on any atom is -0.456 e. The zero-order chi connectivity index (χ0) is 46.6. The van der Waals surface area contributed by atoms with Crippen LogP contribution < -0.4 is 5.32 Å². The van der Waals surface area contributed by atoms with E-state index in [0.717, 1.165) is 11.1 Å². The van der Waals surface area contributed by atoms with E-state index in [1.165, 1.54) is 11.8 Å². The molecule has 2 amide bonds. The van der Waals surface area contributed by atoms with Crippen LogP contribution in [0.2, 0.25) is 0 Å². The third kappa shape index (κ3) is 13.8. The van der Waals surface area contributed by atoms with E-state index >= 15 is 0 Å². The average Bonchev–Trinajstić information content (AvgIpc) is 3.25. The van der Waals surface area contributed by atoms with Crippen molar-refractivity contribution < 1.29 is 62.3 Å². The van der Waals surface area contributed by atoms with Crippen molar-refractivity contribution in [2.24, 2.45) is 29.6 Å². The number of cyclic esters (lactones) is 1. The SMILES string of the molecule is CCOC1CC(C=C(C)C2OC(=O)C3CCCCN3C(=O)C(=O)C3(O)OC(C(OC)CC(C)CC(C)=CC(CC)C(=O)CCC2C)C(OC)CC3C)CCC1NC(=O)COC(C)=O. The number of allylic oxidation sites excluding steroid dienone is 3. The van der Waals surface area contributed by atoms with E-state index in [4.69, 9.17) is 28.4 Å². The summed E-state index contributed by atoms with van der Waals surface area (Å²) in [7, 11) is 3.09. The summed E-state index contributed by atoms with van der Waals surface area (Å²) in [4.78, 5) is 82.0. The first kappa shape index (κ1) is 52.1. The zero-order valence-electron chi connectivity index (χ0n) is 39.5. The van der Waals surface area contributed by atoms with Gasteiger partial charge in [0.2, 0.25) is 5.79 Å². The van der Waals surface area contributed by atoms with Gasteiger partial charge in [-0.25, -0.2) is 4.79 Å². The molecule has 356 valence electrons. The molecule has 2 bridgehead atoms. The number of hydrogen-bond acceptors (Lipinski definition) is 13. The molecule has 2 N–H and O–H groups in total. The summed E-state index contributed by atoms with van der Waals surface area (Å²) in [5.41, 5.74) is 1.84. The molecule has 4 aliphatic rings. The summed E-state index contributed by atoms with van der Waals surface area (Å²) in [6.45, 7) is 14.9. The minimum absolute atomic E-state index is 0.00339. The van der Waals surface area contributed by atoms with Gasteiger partial charge in [-0.05, 0) is 115 Å². The van der Waals surface area contributed by atoms with Crippen LogP contribution in [-0.2, 0) is 57.2 Å². The van der Waals surface area contributed by atoms with Gasteiger partial charge in [-0.1, -0.05) is 45.4 Å². The van der Waals surface area contributed by atoms with Crippen molar-refractivity contribution in [1.82, 2.24) is 10.2 Å². The molecule has 63 heavy (non-hydrogen) atoms. The largest absolute Gasteiger partial charge is 0.456 e. The molecule has 3 heterocycles. The summed E-state index contributed by atoms with van der Waals surface area (Å²) in [5.74, 6) is -7.49. The van der Waals surface area contributed by atoms with Crippen LogP contribution in [0.25, 0.3) is 0 Å². The van der Waals surface area contributed by atoms with E-state index < -0.39 is 71.7 Å². The summed E-state index contributed by atoms with van der Waals surface area (Å²) in [5, 5.41) is 15.0. The lowest BCUT2D eigenvalue weighted by molar-refractivity contribution is -0.302. The third-order valence-corrected chi connectivity index (χ3v) is 13.6. The number of nitrogens with one attached hydrogen (secondary N) is 1. The van der Waals surface area contributed by atoms with Gasteiger partial charge < -0.3 is 43.7 Å². The highest BCUT2D eigenvalue weighted by Gasteiger charge is 2.56. The van der Waals surface area contributed by atoms with Gasteiger partial charge in [0.25, 0.3) is 17.6 Å². The fourth-order valence-corrected chi connectivity index (χ4v) is 10.1. The van der Waals surface area contributed by atoms with E-state index in [1.54, 1.807) is 21.1 Å². The van der Waals surface area contributed by atoms with Crippen molar-refractivity contribution in [3.63, 3.8) is 0 Å². The molecule has 0 aromatic heterocycles. The molecule has 0 aromatic carbocycles. The molecular weight excluding hydrogens is 813 g/mol. The number of fused-ring (bicyclic) bond motifs is 3. The summed E-state index contributed by atoms with van der Waals surface area (Å²) >= 11 is 0. The Morgan fingerprint density at radius 1 is 0.952 bits per heavy atom. The van der Waals surface area contributed by atoms with Gasteiger partial charge in [-0.2, -0.15) is 0 Å². The lowest BCUT2D eigenvalue weighted by Crippen LogP contribution is -2.64. The number of methoxy groups -OCH3 is 2. The van der Waals surface area contributed by atoms with E-state index in [1.807, 2.05) is 34.6 Å². The first-order valence-corrected chi connectivity index (χ1v) is 23.3. The molecule has 3 fully saturated rings. The first-order valence-electron chi connectivity index (χ1n) is 23.3. The molecular formula is C48H76N2O13. The maximum atomic E-state index is 14.5. The van der Waals surface area contributed by atoms with Gasteiger partial charge in [0.15, 0.2) is 6.61 Å². The fraction of sp³-hybridized carbons (Fsp3) is 0.792. The average molecular weight is 889 g/mol. The molecule has 0 spiro atoms. The van der Waals surface area contributed by atoms with Crippen LogP contribution in [-0.4, -0.2) is 128 Å². The summed E-state index contributed by atoms with van der Waals surface area (Å²) in [6, 6.07) is -1.37. The molecule has 13 unspecified atom stereocenters. The summed E-state index contributed by atoms with van der Waals surface area (Å²) < 4.78 is 35.4. The Morgan fingerprint density at radius 3 is 2.30 bits per heavy atom. The quantitative estimate of drug-likeness (QED) is 0.157. The highest BCUT2D eigenvalue weighted by molar-refractivity contribution is 6.39. The van der Waals surface area contributed by atoms with E-state index in [0.29, 0.717) is 64.4 Å². The fourth-order valence-electron chi connectivity index (χ4n) is 10.1. The Hall–Kier alpha value is -3.50. The molecule has 1 saturated carbocycles. The number of Topliss-reactive ketones (excluding diaryl/α,β-unsaturated/α-hetero) is 2. The van der Waals surface area contributed by atoms with Crippen molar-refractivity contribution in [3.05, 3.63) is 23.3 Å². The number of aliphatic hydroxyl groups is 1. The van der Waals surface area contributed by atoms with Crippen LogP contribution in [0.4, 0.5) is 0 Å². The van der Waals surface area contributed by atoms with Crippen LogP contribution in [0.15, 0.2) is 23.3 Å². The number of amides is 2. The smallest absolute Gasteiger partial charge is 0.329 e. The van der Waals surface area contributed by atoms with Crippen molar-refractivity contribution in [2.75, 3.05) is 34.0 Å². The van der Waals surface area contributed by atoms with Gasteiger partial charge in [0.1, 0.15) is 24.0 Å². The van der Waals surface area contributed by atoms with Crippen LogP contribution >= 0.6 is 0 Å². The normalized spacial score (nSPS) is 36.0. The monoisotopic (exact) mass is 889 g/mol. The number of carbonyl (C=O) groups is 6. The maximum absolute atomic E-state index is 14.5. The van der Waals surface area contributed by atoms with Gasteiger partial charge in [0.05, 0.1) is 24.4 Å². The number of esters is 2. The molecule has 13 atom stereocenters. The topological polar surface area (TPSA) is 193 Å². The van der Waals surface area contributed by atoms with Crippen LogP contribution in [0.3, 0.4) is 0 Å². The summed E-state index contributed by atoms with van der Waals surface area (Å²) in [6.07, 6.45) is 7.10. The Kier molecular flexibility index (Phi) is 20.0. The Morgan fingerprint density at radius 2 is 1.65 bits per heavy atom. The maximum Gasteiger partial charge on any atom is 0.329 e. The molecule has 0 aromatic rings. The predicted octanol–water partition coefficient (Wildman–Crippen LogP) is 5.58. The zero-order valence-corrected chi connectivity index (χ0v) is 39.5. The number of ketones is 2. The highest BCUT2D eigenvalue weighted by atomic mass is 16.7. The molecule has 0 radical (unpaired) electrons. The van der Waals surface area contributed by atoms with E-state index in [-0.39, 0.29) is 74.0 Å². The number of rotatable bonds is 10. The van der Waals surface area contributed by atoms with Crippen LogP contribution in [0, 0.1) is 29.6 Å². The van der Waals surface area contributed by atoms with Gasteiger partial charge in [-0.15, -0.1) is 0 Å².